The van der Waals surface area contributed by atoms with E-state index in [4.69, 9.17) is 14.2 Å². The summed E-state index contributed by atoms with van der Waals surface area (Å²) >= 11 is 0. The summed E-state index contributed by atoms with van der Waals surface area (Å²) in [5.74, 6) is 1.78. The molecular weight excluding hydrogens is 360 g/mol. The fraction of sp³-hybridized carbons (Fsp3) is 0.333. The lowest BCUT2D eigenvalue weighted by Crippen LogP contribution is -2.39. The topological polar surface area (TPSA) is 77.1 Å². The number of hydrogen-bond acceptors (Lipinski definition) is 5. The van der Waals surface area contributed by atoms with Crippen LogP contribution in [0.25, 0.3) is 0 Å². The van der Waals surface area contributed by atoms with E-state index in [9.17, 15) is 9.59 Å². The Balaban J connectivity index is 1.48. The Morgan fingerprint density at radius 3 is 2.25 bits per heavy atom. The summed E-state index contributed by atoms with van der Waals surface area (Å²) in [6.07, 6.45) is 0.265. The standard InChI is InChI=1S/C21H24N2O5/c1-3-27-18-8-10-19(11-9-18)28-14-20(24)22-15-12-21(25)23(13-15)16-4-6-17(26-2)7-5-16/h4-11,15H,3,12-14H2,1-2H3,(H,22,24)/t15-/m1/s1. The fourth-order valence-corrected chi connectivity index (χ4v) is 3.03. The van der Waals surface area contributed by atoms with Gasteiger partial charge in [-0.1, -0.05) is 0 Å². The van der Waals surface area contributed by atoms with Gasteiger partial charge in [0.25, 0.3) is 5.91 Å². The number of nitrogens with one attached hydrogen (secondary N) is 1. The molecule has 0 unspecified atom stereocenters. The molecule has 0 aromatic heterocycles. The Labute approximate surface area is 164 Å². The van der Waals surface area contributed by atoms with E-state index < -0.39 is 0 Å². The molecule has 1 fully saturated rings. The highest BCUT2D eigenvalue weighted by molar-refractivity contribution is 5.97. The number of carbonyl (C=O) groups is 2. The zero-order valence-electron chi connectivity index (χ0n) is 16.0. The Morgan fingerprint density at radius 2 is 1.64 bits per heavy atom. The van der Waals surface area contributed by atoms with Gasteiger partial charge in [0.1, 0.15) is 17.2 Å². The van der Waals surface area contributed by atoms with Crippen molar-refractivity contribution >= 4 is 17.5 Å². The van der Waals surface area contributed by atoms with Gasteiger partial charge in [-0.2, -0.15) is 0 Å². The molecule has 28 heavy (non-hydrogen) atoms. The van der Waals surface area contributed by atoms with Gasteiger partial charge in [0.05, 0.1) is 19.8 Å². The van der Waals surface area contributed by atoms with Crippen LogP contribution in [0.15, 0.2) is 48.5 Å². The molecule has 0 radical (unpaired) electrons. The quantitative estimate of drug-likeness (QED) is 0.756. The van der Waals surface area contributed by atoms with Gasteiger partial charge in [0.15, 0.2) is 6.61 Å². The smallest absolute Gasteiger partial charge is 0.258 e. The van der Waals surface area contributed by atoms with Crippen molar-refractivity contribution < 1.29 is 23.8 Å². The lowest BCUT2D eigenvalue weighted by Gasteiger charge is -2.17. The summed E-state index contributed by atoms with van der Waals surface area (Å²) < 4.78 is 16.0. The number of anilines is 1. The van der Waals surface area contributed by atoms with Crippen LogP contribution in [0.1, 0.15) is 13.3 Å². The number of hydrogen-bond donors (Lipinski definition) is 1. The van der Waals surface area contributed by atoms with E-state index in [2.05, 4.69) is 5.32 Å². The zero-order valence-corrected chi connectivity index (χ0v) is 16.0. The van der Waals surface area contributed by atoms with Crippen LogP contribution in [0.5, 0.6) is 17.2 Å². The second-order valence-corrected chi connectivity index (χ2v) is 6.36. The van der Waals surface area contributed by atoms with Crippen molar-refractivity contribution in [3.05, 3.63) is 48.5 Å². The molecule has 148 valence electrons. The van der Waals surface area contributed by atoms with Gasteiger partial charge in [-0.3, -0.25) is 9.59 Å². The van der Waals surface area contributed by atoms with E-state index in [0.29, 0.717) is 18.9 Å². The summed E-state index contributed by atoms with van der Waals surface area (Å²) in [4.78, 5) is 26.1. The van der Waals surface area contributed by atoms with E-state index in [1.54, 1.807) is 48.4 Å². The average molecular weight is 384 g/mol. The minimum atomic E-state index is -0.261. The second-order valence-electron chi connectivity index (χ2n) is 6.36. The number of rotatable bonds is 8. The van der Waals surface area contributed by atoms with Crippen LogP contribution in [-0.2, 0) is 9.59 Å². The first kappa shape index (κ1) is 19.5. The maximum atomic E-state index is 12.3. The van der Waals surface area contributed by atoms with Gasteiger partial charge in [-0.05, 0) is 55.5 Å². The van der Waals surface area contributed by atoms with E-state index in [0.717, 1.165) is 17.2 Å². The summed E-state index contributed by atoms with van der Waals surface area (Å²) in [5.41, 5.74) is 0.785. The normalized spacial score (nSPS) is 16.0. The molecular formula is C21H24N2O5. The van der Waals surface area contributed by atoms with Gasteiger partial charge < -0.3 is 24.4 Å². The number of benzene rings is 2. The largest absolute Gasteiger partial charge is 0.497 e. The summed E-state index contributed by atoms with van der Waals surface area (Å²) in [6, 6.07) is 14.1. The maximum absolute atomic E-state index is 12.3. The highest BCUT2D eigenvalue weighted by Crippen LogP contribution is 2.24. The summed E-state index contributed by atoms with van der Waals surface area (Å²) in [6.45, 7) is 2.83. The van der Waals surface area contributed by atoms with Gasteiger partial charge in [0.2, 0.25) is 5.91 Å². The molecule has 1 aliphatic rings. The zero-order chi connectivity index (χ0) is 19.9. The van der Waals surface area contributed by atoms with Gasteiger partial charge >= 0.3 is 0 Å². The van der Waals surface area contributed by atoms with Gasteiger partial charge in [-0.25, -0.2) is 0 Å². The third-order valence-electron chi connectivity index (χ3n) is 4.38. The lowest BCUT2D eigenvalue weighted by atomic mass is 10.2. The molecule has 7 heteroatoms. The van der Waals surface area contributed by atoms with Crippen LogP contribution in [0.4, 0.5) is 5.69 Å². The molecule has 1 atom stereocenters. The lowest BCUT2D eigenvalue weighted by molar-refractivity contribution is -0.123. The molecule has 0 bridgehead atoms. The summed E-state index contributed by atoms with van der Waals surface area (Å²) in [5, 5.41) is 2.86. The van der Waals surface area contributed by atoms with Crippen LogP contribution >= 0.6 is 0 Å². The molecule has 0 spiro atoms. The van der Waals surface area contributed by atoms with Gasteiger partial charge in [-0.15, -0.1) is 0 Å². The van der Waals surface area contributed by atoms with Crippen molar-refractivity contribution in [2.24, 2.45) is 0 Å². The maximum Gasteiger partial charge on any atom is 0.258 e. The van der Waals surface area contributed by atoms with Crippen molar-refractivity contribution in [3.8, 4) is 17.2 Å². The predicted octanol–water partition coefficient (Wildman–Crippen LogP) is 2.39. The van der Waals surface area contributed by atoms with Crippen LogP contribution < -0.4 is 24.4 Å². The Bertz CT molecular complexity index is 805. The Morgan fingerprint density at radius 1 is 1.04 bits per heavy atom. The molecule has 3 rings (SSSR count). The average Bonchev–Trinajstić information content (AvgIpc) is 3.07. The minimum Gasteiger partial charge on any atom is -0.497 e. The van der Waals surface area contributed by atoms with E-state index >= 15 is 0 Å². The predicted molar refractivity (Wildman–Crippen MR) is 105 cm³/mol. The number of nitrogens with zero attached hydrogens (tertiary/aromatic N) is 1. The molecule has 0 aliphatic carbocycles. The molecule has 2 aromatic carbocycles. The first-order valence-corrected chi connectivity index (χ1v) is 9.18. The van der Waals surface area contributed by atoms with Crippen molar-refractivity contribution in [2.45, 2.75) is 19.4 Å². The Hall–Kier alpha value is -3.22. The van der Waals surface area contributed by atoms with Crippen molar-refractivity contribution in [1.29, 1.82) is 0 Å². The van der Waals surface area contributed by atoms with Crippen molar-refractivity contribution in [3.63, 3.8) is 0 Å². The molecule has 7 nitrogen and oxygen atoms in total. The molecule has 1 saturated heterocycles. The fourth-order valence-electron chi connectivity index (χ4n) is 3.03. The molecule has 2 aromatic rings. The highest BCUT2D eigenvalue weighted by atomic mass is 16.5. The third kappa shape index (κ3) is 4.94. The Kier molecular flexibility index (Phi) is 6.37. The first-order chi connectivity index (χ1) is 13.6. The monoisotopic (exact) mass is 384 g/mol. The number of ether oxygens (including phenoxy) is 3. The van der Waals surface area contributed by atoms with Crippen LogP contribution in [-0.4, -0.2) is 44.7 Å². The molecule has 0 saturated carbocycles. The SMILES string of the molecule is CCOc1ccc(OCC(=O)N[C@@H]2CC(=O)N(c3ccc(OC)cc3)C2)cc1. The third-order valence-corrected chi connectivity index (χ3v) is 4.38. The van der Waals surface area contributed by atoms with Crippen molar-refractivity contribution in [1.82, 2.24) is 5.32 Å². The van der Waals surface area contributed by atoms with Crippen LogP contribution in [0.3, 0.4) is 0 Å². The number of methoxy groups -OCH3 is 1. The molecule has 1 heterocycles. The minimum absolute atomic E-state index is 0.0251. The summed E-state index contributed by atoms with van der Waals surface area (Å²) in [7, 11) is 1.59. The van der Waals surface area contributed by atoms with E-state index in [1.165, 1.54) is 0 Å². The second kappa shape index (κ2) is 9.12. The first-order valence-electron chi connectivity index (χ1n) is 9.18. The van der Waals surface area contributed by atoms with Crippen LogP contribution in [0.2, 0.25) is 0 Å². The molecule has 2 amide bonds. The highest BCUT2D eigenvalue weighted by Gasteiger charge is 2.31. The van der Waals surface area contributed by atoms with E-state index in [1.807, 2.05) is 19.1 Å². The van der Waals surface area contributed by atoms with Crippen molar-refractivity contribution in [2.75, 3.05) is 31.8 Å². The van der Waals surface area contributed by atoms with Crippen LogP contribution in [0, 0.1) is 0 Å². The number of carbonyl (C=O) groups excluding carboxylic acids is 2. The number of amides is 2. The van der Waals surface area contributed by atoms with E-state index in [-0.39, 0.29) is 30.9 Å². The van der Waals surface area contributed by atoms with Gasteiger partial charge in [0, 0.05) is 18.7 Å². The molecule has 1 N–H and O–H groups in total. The molecule has 1 aliphatic heterocycles.